The number of carboxylic acids is 1. The molecular formula is C9H11NO6S2. The summed E-state index contributed by atoms with van der Waals surface area (Å²) in [5, 5.41) is 7.66. The molecule has 0 saturated carbocycles. The van der Waals surface area contributed by atoms with Crippen LogP contribution in [-0.2, 0) is 19.9 Å². The van der Waals surface area contributed by atoms with Crippen LogP contribution in [0.1, 0.15) is 10.4 Å². The number of aromatic carboxylic acids is 1. The Bertz CT molecular complexity index is 662. The number of anilines is 1. The molecule has 0 amide bonds. The maximum Gasteiger partial charge on any atom is 0.335 e. The fraction of sp³-hybridized carbons (Fsp3) is 0.222. The minimum Gasteiger partial charge on any atom is -0.478 e. The Morgan fingerprint density at radius 1 is 1.28 bits per heavy atom. The Balaban J connectivity index is 2.98. The first-order valence-electron chi connectivity index (χ1n) is 4.61. The van der Waals surface area contributed by atoms with Gasteiger partial charge in [0, 0.05) is 11.9 Å². The largest absolute Gasteiger partial charge is 0.478 e. The quantitative estimate of drug-likeness (QED) is 0.796. The van der Waals surface area contributed by atoms with E-state index in [0.29, 0.717) is 0 Å². The normalized spacial score (nSPS) is 12.1. The summed E-state index contributed by atoms with van der Waals surface area (Å²) in [5.41, 5.74) is -0.104. The summed E-state index contributed by atoms with van der Waals surface area (Å²) in [4.78, 5) is 10.7. The second-order valence-electron chi connectivity index (χ2n) is 3.65. The zero-order chi connectivity index (χ0) is 14.0. The number of sulfone groups is 1. The van der Waals surface area contributed by atoms with E-state index in [1.165, 1.54) is 18.2 Å². The molecule has 2 N–H and O–H groups in total. The molecule has 0 atom stereocenters. The van der Waals surface area contributed by atoms with Crippen molar-refractivity contribution in [1.82, 2.24) is 0 Å². The fourth-order valence-corrected chi connectivity index (χ4v) is 4.18. The van der Waals surface area contributed by atoms with Gasteiger partial charge in [0.05, 0.1) is 5.56 Å². The molecule has 0 radical (unpaired) electrons. The van der Waals surface area contributed by atoms with Crippen LogP contribution in [0.15, 0.2) is 24.3 Å². The van der Waals surface area contributed by atoms with Crippen LogP contribution in [0.5, 0.6) is 0 Å². The molecule has 0 aliphatic heterocycles. The summed E-state index contributed by atoms with van der Waals surface area (Å²) in [6.45, 7) is 0. The van der Waals surface area contributed by atoms with Crippen molar-refractivity contribution in [3.05, 3.63) is 29.8 Å². The first-order chi connectivity index (χ1) is 8.09. The number of sulfonamides is 1. The Hall–Kier alpha value is -1.61. The van der Waals surface area contributed by atoms with E-state index in [2.05, 4.69) is 0 Å². The van der Waals surface area contributed by atoms with Crippen LogP contribution < -0.4 is 4.72 Å². The van der Waals surface area contributed by atoms with Crippen molar-refractivity contribution in [2.24, 2.45) is 0 Å². The van der Waals surface area contributed by atoms with Gasteiger partial charge in [0.15, 0.2) is 14.9 Å². The average Bonchev–Trinajstić information content (AvgIpc) is 2.12. The Labute approximate surface area is 104 Å². The SMILES string of the molecule is CS(=O)(=O)CS(=O)(=O)Nc1cccc(C(=O)O)c1. The first-order valence-corrected chi connectivity index (χ1v) is 8.32. The smallest absolute Gasteiger partial charge is 0.335 e. The van der Waals surface area contributed by atoms with Gasteiger partial charge >= 0.3 is 5.97 Å². The Kier molecular flexibility index (Phi) is 3.97. The molecule has 0 bridgehead atoms. The van der Waals surface area contributed by atoms with E-state index in [4.69, 9.17) is 5.11 Å². The Morgan fingerprint density at radius 3 is 2.39 bits per heavy atom. The summed E-state index contributed by atoms with van der Waals surface area (Å²) in [7, 11) is -7.76. The molecule has 9 heteroatoms. The number of carbonyl (C=O) groups is 1. The highest BCUT2D eigenvalue weighted by atomic mass is 32.3. The number of nitrogens with one attached hydrogen (secondary N) is 1. The summed E-state index contributed by atoms with van der Waals surface area (Å²) in [6, 6.07) is 5.06. The lowest BCUT2D eigenvalue weighted by atomic mass is 10.2. The van der Waals surface area contributed by atoms with Crippen LogP contribution in [0.2, 0.25) is 0 Å². The molecule has 0 heterocycles. The highest BCUT2D eigenvalue weighted by Gasteiger charge is 2.18. The van der Waals surface area contributed by atoms with Gasteiger partial charge < -0.3 is 5.11 Å². The zero-order valence-corrected chi connectivity index (χ0v) is 11.0. The zero-order valence-electron chi connectivity index (χ0n) is 9.32. The summed E-state index contributed by atoms with van der Waals surface area (Å²) in [5.74, 6) is -1.21. The molecular weight excluding hydrogens is 282 g/mol. The van der Waals surface area contributed by atoms with Crippen LogP contribution in [-0.4, -0.2) is 39.3 Å². The van der Waals surface area contributed by atoms with E-state index < -0.39 is 30.9 Å². The van der Waals surface area contributed by atoms with Gasteiger partial charge in [-0.2, -0.15) is 0 Å². The predicted molar refractivity (Wildman–Crippen MR) is 65.7 cm³/mol. The fourth-order valence-electron chi connectivity index (χ4n) is 1.21. The van der Waals surface area contributed by atoms with E-state index in [-0.39, 0.29) is 11.3 Å². The van der Waals surface area contributed by atoms with Gasteiger partial charge in [0.2, 0.25) is 10.0 Å². The van der Waals surface area contributed by atoms with Gasteiger partial charge in [-0.15, -0.1) is 0 Å². The van der Waals surface area contributed by atoms with Crippen molar-refractivity contribution in [3.8, 4) is 0 Å². The highest BCUT2D eigenvalue weighted by molar-refractivity contribution is 8.08. The van der Waals surface area contributed by atoms with Crippen molar-refractivity contribution in [1.29, 1.82) is 0 Å². The number of rotatable bonds is 5. The van der Waals surface area contributed by atoms with Gasteiger partial charge in [-0.3, -0.25) is 4.72 Å². The average molecular weight is 293 g/mol. The molecule has 18 heavy (non-hydrogen) atoms. The number of carboxylic acid groups (broad SMARTS) is 1. The summed E-state index contributed by atoms with van der Waals surface area (Å²) in [6.07, 6.45) is 0.792. The molecule has 1 rings (SSSR count). The molecule has 0 spiro atoms. The van der Waals surface area contributed by atoms with E-state index in [0.717, 1.165) is 12.3 Å². The van der Waals surface area contributed by atoms with E-state index in [1.54, 1.807) is 0 Å². The Morgan fingerprint density at radius 2 is 1.89 bits per heavy atom. The first kappa shape index (κ1) is 14.5. The standard InChI is InChI=1S/C9H11NO6S2/c1-17(13,14)6-18(15,16)10-8-4-2-3-7(5-8)9(11)12/h2-5,10H,6H2,1H3,(H,11,12). The molecule has 0 aromatic heterocycles. The minimum atomic E-state index is -4.07. The molecule has 0 fully saturated rings. The van der Waals surface area contributed by atoms with Crippen LogP contribution in [0.3, 0.4) is 0 Å². The predicted octanol–water partition coefficient (Wildman–Crippen LogP) is 0.129. The third-order valence-electron chi connectivity index (χ3n) is 1.75. The molecule has 0 aliphatic carbocycles. The van der Waals surface area contributed by atoms with Gasteiger partial charge in [0.1, 0.15) is 0 Å². The van der Waals surface area contributed by atoms with Crippen LogP contribution in [0, 0.1) is 0 Å². The molecule has 0 unspecified atom stereocenters. The molecule has 100 valence electrons. The van der Waals surface area contributed by atoms with Crippen LogP contribution in [0.4, 0.5) is 5.69 Å². The van der Waals surface area contributed by atoms with Crippen LogP contribution in [0.25, 0.3) is 0 Å². The van der Waals surface area contributed by atoms with Crippen molar-refractivity contribution in [2.45, 2.75) is 0 Å². The van der Waals surface area contributed by atoms with Crippen molar-refractivity contribution in [2.75, 3.05) is 16.1 Å². The highest BCUT2D eigenvalue weighted by Crippen LogP contribution is 2.13. The van der Waals surface area contributed by atoms with Gasteiger partial charge in [0.25, 0.3) is 0 Å². The topological polar surface area (TPSA) is 118 Å². The number of benzene rings is 1. The molecule has 1 aromatic rings. The van der Waals surface area contributed by atoms with Crippen LogP contribution >= 0.6 is 0 Å². The summed E-state index contributed by atoms with van der Waals surface area (Å²) >= 11 is 0. The lowest BCUT2D eigenvalue weighted by Crippen LogP contribution is -2.22. The van der Waals surface area contributed by atoms with E-state index in [1.807, 2.05) is 4.72 Å². The lowest BCUT2D eigenvalue weighted by molar-refractivity contribution is 0.0697. The number of hydrogen-bond donors (Lipinski definition) is 2. The monoisotopic (exact) mass is 293 g/mol. The van der Waals surface area contributed by atoms with Crippen molar-refractivity contribution >= 4 is 31.5 Å². The van der Waals surface area contributed by atoms with Crippen molar-refractivity contribution < 1.29 is 26.7 Å². The number of hydrogen-bond acceptors (Lipinski definition) is 5. The third kappa shape index (κ3) is 4.72. The third-order valence-corrected chi connectivity index (χ3v) is 5.25. The maximum atomic E-state index is 11.5. The van der Waals surface area contributed by atoms with E-state index >= 15 is 0 Å². The molecule has 0 saturated heterocycles. The lowest BCUT2D eigenvalue weighted by Gasteiger charge is -2.07. The second-order valence-corrected chi connectivity index (χ2v) is 7.87. The van der Waals surface area contributed by atoms with Gasteiger partial charge in [-0.1, -0.05) is 6.07 Å². The molecule has 1 aromatic carbocycles. The molecule has 0 aliphatic rings. The summed E-state index contributed by atoms with van der Waals surface area (Å²) < 4.78 is 46.7. The van der Waals surface area contributed by atoms with Gasteiger partial charge in [-0.25, -0.2) is 21.6 Å². The van der Waals surface area contributed by atoms with Crippen molar-refractivity contribution in [3.63, 3.8) is 0 Å². The molecule has 7 nitrogen and oxygen atoms in total. The van der Waals surface area contributed by atoms with E-state index in [9.17, 15) is 21.6 Å². The minimum absolute atomic E-state index is 0.00134. The van der Waals surface area contributed by atoms with Gasteiger partial charge in [-0.05, 0) is 18.2 Å². The maximum absolute atomic E-state index is 11.5. The second kappa shape index (κ2) is 4.94.